The van der Waals surface area contributed by atoms with Gasteiger partial charge >= 0.3 is 0 Å². The van der Waals surface area contributed by atoms with Crippen LogP contribution in [0.25, 0.3) is 0 Å². The highest BCUT2D eigenvalue weighted by Gasteiger charge is 2.15. The summed E-state index contributed by atoms with van der Waals surface area (Å²) in [5.74, 6) is -0.918. The van der Waals surface area contributed by atoms with Crippen molar-refractivity contribution in [1.29, 1.82) is 0 Å². The van der Waals surface area contributed by atoms with E-state index in [0.29, 0.717) is 5.56 Å². The first-order valence-electron chi connectivity index (χ1n) is 8.33. The van der Waals surface area contributed by atoms with Gasteiger partial charge in [0.05, 0.1) is 15.8 Å². The van der Waals surface area contributed by atoms with Crippen LogP contribution in [0.4, 0.5) is 4.39 Å². The summed E-state index contributed by atoms with van der Waals surface area (Å²) in [4.78, 5) is 12.1. The summed E-state index contributed by atoms with van der Waals surface area (Å²) in [6.45, 7) is 1.61. The minimum absolute atomic E-state index is 0.0892. The van der Waals surface area contributed by atoms with Crippen LogP contribution in [0.15, 0.2) is 58.3 Å². The molecule has 0 aliphatic rings. The van der Waals surface area contributed by atoms with E-state index in [-0.39, 0.29) is 34.7 Å². The Bertz CT molecular complexity index is 1030. The van der Waals surface area contributed by atoms with Gasteiger partial charge in [0.15, 0.2) is 9.84 Å². The molecular formula is C18H21FN2O5S2. The number of hydrogen-bond acceptors (Lipinski definition) is 5. The van der Waals surface area contributed by atoms with Crippen molar-refractivity contribution < 1.29 is 26.0 Å². The van der Waals surface area contributed by atoms with Crippen LogP contribution in [-0.2, 0) is 24.7 Å². The maximum Gasteiger partial charge on any atom is 0.240 e. The molecule has 1 amide bonds. The van der Waals surface area contributed by atoms with Gasteiger partial charge in [-0.1, -0.05) is 12.1 Å². The van der Waals surface area contributed by atoms with Crippen molar-refractivity contribution in [3.63, 3.8) is 0 Å². The van der Waals surface area contributed by atoms with Crippen molar-refractivity contribution >= 4 is 25.8 Å². The van der Waals surface area contributed by atoms with E-state index in [0.717, 1.165) is 30.5 Å². The lowest BCUT2D eigenvalue weighted by atomic mass is 10.1. The van der Waals surface area contributed by atoms with Crippen molar-refractivity contribution in [2.45, 2.75) is 29.2 Å². The van der Waals surface area contributed by atoms with Crippen molar-refractivity contribution in [3.05, 3.63) is 59.9 Å². The van der Waals surface area contributed by atoms with Crippen LogP contribution in [0.2, 0.25) is 0 Å². The average Bonchev–Trinajstić information content (AvgIpc) is 2.61. The number of halogens is 1. The molecule has 0 aromatic heterocycles. The Labute approximate surface area is 163 Å². The fourth-order valence-corrected chi connectivity index (χ4v) is 4.06. The summed E-state index contributed by atoms with van der Waals surface area (Å²) in [7, 11) is -7.12. The number of rotatable bonds is 8. The van der Waals surface area contributed by atoms with Gasteiger partial charge in [-0.2, -0.15) is 0 Å². The number of nitrogens with one attached hydrogen (secondary N) is 2. The molecule has 2 aromatic carbocycles. The van der Waals surface area contributed by atoms with Gasteiger partial charge in [0.2, 0.25) is 15.9 Å². The molecule has 2 aromatic rings. The Morgan fingerprint density at radius 2 is 1.50 bits per heavy atom. The average molecular weight is 429 g/mol. The van der Waals surface area contributed by atoms with Gasteiger partial charge in [0.1, 0.15) is 5.82 Å². The topological polar surface area (TPSA) is 109 Å². The monoisotopic (exact) mass is 428 g/mol. The van der Waals surface area contributed by atoms with Gasteiger partial charge in [0.25, 0.3) is 0 Å². The second-order valence-corrected chi connectivity index (χ2v) is 10.0. The van der Waals surface area contributed by atoms with Crippen LogP contribution in [0, 0.1) is 5.82 Å². The summed E-state index contributed by atoms with van der Waals surface area (Å²) in [6, 6.07) is 10.1. The first kappa shape index (κ1) is 22.0. The first-order chi connectivity index (χ1) is 13.0. The summed E-state index contributed by atoms with van der Waals surface area (Å²) in [6.07, 6.45) is 1.02. The largest absolute Gasteiger partial charge is 0.350 e. The highest BCUT2D eigenvalue weighted by molar-refractivity contribution is 7.90. The Kier molecular flexibility index (Phi) is 6.91. The zero-order chi connectivity index (χ0) is 20.9. The summed E-state index contributed by atoms with van der Waals surface area (Å²) >= 11 is 0. The van der Waals surface area contributed by atoms with Crippen LogP contribution < -0.4 is 10.0 Å². The quantitative estimate of drug-likeness (QED) is 0.666. The molecule has 0 saturated heterocycles. The van der Waals surface area contributed by atoms with Gasteiger partial charge in [-0.25, -0.2) is 25.9 Å². The lowest BCUT2D eigenvalue weighted by molar-refractivity contribution is -0.121. The van der Waals surface area contributed by atoms with Gasteiger partial charge in [-0.15, -0.1) is 0 Å². The molecule has 7 nitrogen and oxygen atoms in total. The number of sulfonamides is 1. The van der Waals surface area contributed by atoms with Crippen LogP contribution in [0.5, 0.6) is 0 Å². The van der Waals surface area contributed by atoms with E-state index in [1.807, 2.05) is 0 Å². The highest BCUT2D eigenvalue weighted by Crippen LogP contribution is 2.16. The summed E-state index contributed by atoms with van der Waals surface area (Å²) in [5, 5.41) is 2.72. The second-order valence-electron chi connectivity index (χ2n) is 6.23. The minimum atomic E-state index is -3.83. The van der Waals surface area contributed by atoms with Crippen LogP contribution >= 0.6 is 0 Å². The smallest absolute Gasteiger partial charge is 0.240 e. The maximum atomic E-state index is 12.9. The van der Waals surface area contributed by atoms with Gasteiger partial charge < -0.3 is 5.32 Å². The standard InChI is InChI=1S/C18H21FN2O5S2/c1-13(14-3-7-16(8-4-14)27(2,23)24)21-18(22)11-12-20-28(25,26)17-9-5-15(19)6-10-17/h3-10,13,20H,11-12H2,1-2H3,(H,21,22). The van der Waals surface area contributed by atoms with Crippen LogP contribution in [0.3, 0.4) is 0 Å². The van der Waals surface area contributed by atoms with E-state index in [4.69, 9.17) is 0 Å². The molecule has 2 rings (SSSR count). The van der Waals surface area contributed by atoms with Crippen molar-refractivity contribution in [2.24, 2.45) is 0 Å². The van der Waals surface area contributed by atoms with Crippen molar-refractivity contribution in [1.82, 2.24) is 10.0 Å². The molecule has 0 spiro atoms. The molecular weight excluding hydrogens is 407 g/mol. The molecule has 10 heteroatoms. The molecule has 0 saturated carbocycles. The van der Waals surface area contributed by atoms with E-state index >= 15 is 0 Å². The second kappa shape index (κ2) is 8.80. The van der Waals surface area contributed by atoms with Gasteiger partial charge in [-0.05, 0) is 48.9 Å². The Hall–Kier alpha value is -2.30. The minimum Gasteiger partial charge on any atom is -0.350 e. The predicted molar refractivity (Wildman–Crippen MR) is 102 cm³/mol. The maximum absolute atomic E-state index is 12.9. The van der Waals surface area contributed by atoms with Gasteiger partial charge in [0, 0.05) is 19.2 Å². The number of carbonyl (C=O) groups excluding carboxylic acids is 1. The molecule has 0 bridgehead atoms. The molecule has 0 aliphatic heterocycles. The highest BCUT2D eigenvalue weighted by atomic mass is 32.2. The van der Waals surface area contributed by atoms with E-state index < -0.39 is 25.7 Å². The first-order valence-corrected chi connectivity index (χ1v) is 11.7. The Morgan fingerprint density at radius 1 is 0.964 bits per heavy atom. The van der Waals surface area contributed by atoms with E-state index in [9.17, 15) is 26.0 Å². The molecule has 28 heavy (non-hydrogen) atoms. The Balaban J connectivity index is 1.87. The van der Waals surface area contributed by atoms with E-state index in [1.54, 1.807) is 19.1 Å². The molecule has 0 radical (unpaired) electrons. The van der Waals surface area contributed by atoms with Crippen LogP contribution in [0.1, 0.15) is 24.9 Å². The fourth-order valence-electron chi connectivity index (χ4n) is 2.40. The lowest BCUT2D eigenvalue weighted by Gasteiger charge is -2.15. The number of amides is 1. The number of carbonyl (C=O) groups is 1. The zero-order valence-electron chi connectivity index (χ0n) is 15.3. The zero-order valence-corrected chi connectivity index (χ0v) is 17.0. The SMILES string of the molecule is CC(NC(=O)CCNS(=O)(=O)c1ccc(F)cc1)c1ccc(S(C)(=O)=O)cc1. The third kappa shape index (κ3) is 6.11. The predicted octanol–water partition coefficient (Wildman–Crippen LogP) is 1.77. The molecule has 152 valence electrons. The third-order valence-corrected chi connectivity index (χ3v) is 6.56. The molecule has 2 N–H and O–H groups in total. The molecule has 1 unspecified atom stereocenters. The normalized spacial score (nSPS) is 13.1. The molecule has 0 aliphatic carbocycles. The van der Waals surface area contributed by atoms with E-state index in [1.165, 1.54) is 12.1 Å². The Morgan fingerprint density at radius 3 is 2.04 bits per heavy atom. The summed E-state index contributed by atoms with van der Waals surface area (Å²) < 4.78 is 62.2. The third-order valence-electron chi connectivity index (χ3n) is 3.95. The molecule has 1 atom stereocenters. The number of hydrogen-bond donors (Lipinski definition) is 2. The molecule has 0 heterocycles. The van der Waals surface area contributed by atoms with E-state index in [2.05, 4.69) is 10.0 Å². The van der Waals surface area contributed by atoms with Crippen LogP contribution in [-0.4, -0.2) is 35.5 Å². The summed E-state index contributed by atoms with van der Waals surface area (Å²) in [5.41, 5.74) is 0.715. The molecule has 0 fully saturated rings. The number of sulfone groups is 1. The van der Waals surface area contributed by atoms with Crippen molar-refractivity contribution in [2.75, 3.05) is 12.8 Å². The number of benzene rings is 2. The lowest BCUT2D eigenvalue weighted by Crippen LogP contribution is -2.32. The fraction of sp³-hybridized carbons (Fsp3) is 0.278. The van der Waals surface area contributed by atoms with Gasteiger partial charge in [-0.3, -0.25) is 4.79 Å². The van der Waals surface area contributed by atoms with Crippen molar-refractivity contribution in [3.8, 4) is 0 Å².